The van der Waals surface area contributed by atoms with Gasteiger partial charge in [-0.05, 0) is 37.0 Å². The van der Waals surface area contributed by atoms with Gasteiger partial charge in [-0.25, -0.2) is 8.78 Å². The summed E-state index contributed by atoms with van der Waals surface area (Å²) in [4.78, 5) is 0. The average molecular weight is 260 g/mol. The van der Waals surface area contributed by atoms with Crippen LogP contribution < -0.4 is 5.73 Å². The lowest BCUT2D eigenvalue weighted by atomic mass is 9.76. The molecule has 0 radical (unpaired) electrons. The first-order chi connectivity index (χ1) is 7.82. The quantitative estimate of drug-likeness (QED) is 0.810. The minimum absolute atomic E-state index is 0.159. The van der Waals surface area contributed by atoms with Gasteiger partial charge in [-0.2, -0.15) is 0 Å². The standard InChI is InChI=1S/C13H16ClF2N/c1-9-2-3-10(11(14)8-9)12(17)4-6-13(15,16)7-5-12/h2-3,8H,4-7,17H2,1H3. The zero-order valence-electron chi connectivity index (χ0n) is 9.77. The topological polar surface area (TPSA) is 26.0 Å². The minimum Gasteiger partial charge on any atom is -0.321 e. The second-order valence-corrected chi connectivity index (χ2v) is 5.40. The van der Waals surface area contributed by atoms with Crippen molar-refractivity contribution in [3.05, 3.63) is 34.3 Å². The molecule has 4 heteroatoms. The van der Waals surface area contributed by atoms with Crippen LogP contribution in [0.5, 0.6) is 0 Å². The molecule has 0 saturated heterocycles. The van der Waals surface area contributed by atoms with Gasteiger partial charge in [0.1, 0.15) is 0 Å². The van der Waals surface area contributed by atoms with Gasteiger partial charge < -0.3 is 5.73 Å². The molecule has 0 heterocycles. The summed E-state index contributed by atoms with van der Waals surface area (Å²) in [6.07, 6.45) is 0.243. The molecule has 0 amide bonds. The number of alkyl halides is 2. The van der Waals surface area contributed by atoms with Crippen molar-refractivity contribution in [2.75, 3.05) is 0 Å². The molecular weight excluding hydrogens is 244 g/mol. The van der Waals surface area contributed by atoms with Crippen LogP contribution in [0.1, 0.15) is 36.8 Å². The van der Waals surface area contributed by atoms with E-state index in [1.807, 2.05) is 25.1 Å². The summed E-state index contributed by atoms with van der Waals surface area (Å²) in [5, 5.41) is 0.581. The van der Waals surface area contributed by atoms with Gasteiger partial charge in [-0.15, -0.1) is 0 Å². The first-order valence-corrected chi connectivity index (χ1v) is 6.14. The molecule has 1 nitrogen and oxygen atoms in total. The zero-order chi connectivity index (χ0) is 12.7. The summed E-state index contributed by atoms with van der Waals surface area (Å²) in [5.74, 6) is -2.57. The lowest BCUT2D eigenvalue weighted by molar-refractivity contribution is -0.0514. The minimum atomic E-state index is -2.57. The monoisotopic (exact) mass is 259 g/mol. The van der Waals surface area contributed by atoms with E-state index in [0.717, 1.165) is 11.1 Å². The number of rotatable bonds is 1. The highest BCUT2D eigenvalue weighted by Gasteiger charge is 2.42. The van der Waals surface area contributed by atoms with Crippen LogP contribution in [0, 0.1) is 6.92 Å². The molecule has 0 spiro atoms. The molecule has 0 aromatic heterocycles. The van der Waals surface area contributed by atoms with Gasteiger partial charge in [0, 0.05) is 23.4 Å². The van der Waals surface area contributed by atoms with Gasteiger partial charge in [-0.1, -0.05) is 23.7 Å². The van der Waals surface area contributed by atoms with Crippen molar-refractivity contribution in [1.82, 2.24) is 0 Å². The molecule has 1 fully saturated rings. The highest BCUT2D eigenvalue weighted by Crippen LogP contribution is 2.44. The molecule has 1 aliphatic rings. The van der Waals surface area contributed by atoms with E-state index in [0.29, 0.717) is 5.02 Å². The SMILES string of the molecule is Cc1ccc(C2(N)CCC(F)(F)CC2)c(Cl)c1. The van der Waals surface area contributed by atoms with Crippen molar-refractivity contribution in [1.29, 1.82) is 0 Å². The summed E-state index contributed by atoms with van der Waals surface area (Å²) in [7, 11) is 0. The molecule has 1 aromatic rings. The molecule has 17 heavy (non-hydrogen) atoms. The first kappa shape index (κ1) is 12.8. The molecular formula is C13H16ClF2N. The Morgan fingerprint density at radius 2 is 1.76 bits per heavy atom. The molecule has 0 atom stereocenters. The number of nitrogens with two attached hydrogens (primary N) is 1. The molecule has 0 aliphatic heterocycles. The number of benzene rings is 1. The Labute approximate surface area is 105 Å². The summed E-state index contributed by atoms with van der Waals surface area (Å²) in [6, 6.07) is 5.61. The largest absolute Gasteiger partial charge is 0.321 e. The lowest BCUT2D eigenvalue weighted by Crippen LogP contribution is -2.43. The fourth-order valence-corrected chi connectivity index (χ4v) is 2.78. The van der Waals surface area contributed by atoms with Gasteiger partial charge in [0.15, 0.2) is 0 Å². The third-order valence-corrected chi connectivity index (χ3v) is 3.85. The van der Waals surface area contributed by atoms with Crippen molar-refractivity contribution in [2.24, 2.45) is 5.73 Å². The number of aryl methyl sites for hydroxylation is 1. The highest BCUT2D eigenvalue weighted by molar-refractivity contribution is 6.31. The van der Waals surface area contributed by atoms with Crippen molar-refractivity contribution >= 4 is 11.6 Å². The highest BCUT2D eigenvalue weighted by atomic mass is 35.5. The smallest absolute Gasteiger partial charge is 0.248 e. The normalized spacial score (nSPS) is 22.4. The first-order valence-electron chi connectivity index (χ1n) is 5.76. The van der Waals surface area contributed by atoms with E-state index >= 15 is 0 Å². The van der Waals surface area contributed by atoms with Crippen molar-refractivity contribution in [3.8, 4) is 0 Å². The van der Waals surface area contributed by atoms with Gasteiger partial charge in [0.25, 0.3) is 0 Å². The maximum Gasteiger partial charge on any atom is 0.248 e. The van der Waals surface area contributed by atoms with Gasteiger partial charge >= 0.3 is 0 Å². The van der Waals surface area contributed by atoms with E-state index in [1.165, 1.54) is 0 Å². The molecule has 0 unspecified atom stereocenters. The number of hydrogen-bond acceptors (Lipinski definition) is 1. The van der Waals surface area contributed by atoms with E-state index < -0.39 is 11.5 Å². The molecule has 94 valence electrons. The molecule has 1 aromatic carbocycles. The Bertz CT molecular complexity index is 421. The summed E-state index contributed by atoms with van der Waals surface area (Å²) >= 11 is 6.16. The van der Waals surface area contributed by atoms with Crippen LogP contribution in [0.3, 0.4) is 0 Å². The van der Waals surface area contributed by atoms with Gasteiger partial charge in [-0.3, -0.25) is 0 Å². The Balaban J connectivity index is 2.27. The molecule has 2 rings (SSSR count). The molecule has 0 bridgehead atoms. The second kappa shape index (κ2) is 4.21. The van der Waals surface area contributed by atoms with E-state index in [9.17, 15) is 8.78 Å². The van der Waals surface area contributed by atoms with Crippen LogP contribution in [0.4, 0.5) is 8.78 Å². The lowest BCUT2D eigenvalue weighted by Gasteiger charge is -2.38. The van der Waals surface area contributed by atoms with Crippen molar-refractivity contribution in [2.45, 2.75) is 44.1 Å². The second-order valence-electron chi connectivity index (χ2n) is 5.00. The maximum absolute atomic E-state index is 13.1. The van der Waals surface area contributed by atoms with E-state index in [-0.39, 0.29) is 25.7 Å². The molecule has 1 aliphatic carbocycles. The zero-order valence-corrected chi connectivity index (χ0v) is 10.5. The average Bonchev–Trinajstić information content (AvgIpc) is 2.23. The van der Waals surface area contributed by atoms with Gasteiger partial charge in [0.05, 0.1) is 0 Å². The van der Waals surface area contributed by atoms with E-state index in [2.05, 4.69) is 0 Å². The predicted molar refractivity (Wildman–Crippen MR) is 65.5 cm³/mol. The van der Waals surface area contributed by atoms with E-state index in [4.69, 9.17) is 17.3 Å². The third kappa shape index (κ3) is 2.61. The fraction of sp³-hybridized carbons (Fsp3) is 0.538. The van der Waals surface area contributed by atoms with E-state index in [1.54, 1.807) is 0 Å². The Morgan fingerprint density at radius 1 is 1.18 bits per heavy atom. The Hall–Kier alpha value is -0.670. The van der Waals surface area contributed by atoms with Crippen LogP contribution in [0.15, 0.2) is 18.2 Å². The van der Waals surface area contributed by atoms with Crippen molar-refractivity contribution < 1.29 is 8.78 Å². The molecule has 1 saturated carbocycles. The van der Waals surface area contributed by atoms with Gasteiger partial charge in [0.2, 0.25) is 5.92 Å². The third-order valence-electron chi connectivity index (χ3n) is 3.53. The Morgan fingerprint density at radius 3 is 2.29 bits per heavy atom. The molecule has 2 N–H and O–H groups in total. The predicted octanol–water partition coefficient (Wildman–Crippen LogP) is 4.01. The summed E-state index contributed by atoms with van der Waals surface area (Å²) < 4.78 is 26.3. The van der Waals surface area contributed by atoms with Crippen LogP contribution in [0.25, 0.3) is 0 Å². The maximum atomic E-state index is 13.1. The van der Waals surface area contributed by atoms with Crippen LogP contribution >= 0.6 is 11.6 Å². The van der Waals surface area contributed by atoms with Crippen LogP contribution in [0.2, 0.25) is 5.02 Å². The summed E-state index contributed by atoms with van der Waals surface area (Å²) in [6.45, 7) is 1.94. The van der Waals surface area contributed by atoms with Crippen LogP contribution in [-0.2, 0) is 5.54 Å². The fourth-order valence-electron chi connectivity index (χ4n) is 2.36. The summed E-state index contributed by atoms with van der Waals surface area (Å²) in [5.41, 5.74) is 7.37. The Kier molecular flexibility index (Phi) is 3.17. The van der Waals surface area contributed by atoms with Crippen LogP contribution in [-0.4, -0.2) is 5.92 Å². The number of hydrogen-bond donors (Lipinski definition) is 1. The van der Waals surface area contributed by atoms with Crippen molar-refractivity contribution in [3.63, 3.8) is 0 Å². The number of halogens is 3.